The molecule has 9 nitrogen and oxygen atoms in total. The van der Waals surface area contributed by atoms with Crippen molar-refractivity contribution in [1.29, 1.82) is 0 Å². The number of ether oxygens (including phenoxy) is 1. The molecule has 4 rings (SSSR count). The Bertz CT molecular complexity index is 1180. The number of nitrogens with zero attached hydrogens (tertiary/aromatic N) is 3. The molecule has 2 aromatic rings. The SMILES string of the molecule is COc1ccc(CC(=O)N2CCN(c3ccc(C(=O)N4CCCNCC4)cc3NC(=O)CC(C)(C)C)CC2)cc1. The van der Waals surface area contributed by atoms with Crippen LogP contribution < -0.4 is 20.3 Å². The number of piperazine rings is 1. The minimum atomic E-state index is -0.160. The van der Waals surface area contributed by atoms with Crippen LogP contribution in [-0.2, 0) is 16.0 Å². The van der Waals surface area contributed by atoms with Crippen LogP contribution in [0.5, 0.6) is 5.75 Å². The van der Waals surface area contributed by atoms with Gasteiger partial charge in [0.05, 0.1) is 24.9 Å². The van der Waals surface area contributed by atoms with E-state index in [1.807, 2.05) is 73.0 Å². The molecule has 0 atom stereocenters. The molecule has 216 valence electrons. The van der Waals surface area contributed by atoms with Crippen LogP contribution in [0.2, 0.25) is 0 Å². The molecule has 0 saturated carbocycles. The predicted molar refractivity (Wildman–Crippen MR) is 158 cm³/mol. The lowest BCUT2D eigenvalue weighted by molar-refractivity contribution is -0.130. The molecule has 0 radical (unpaired) electrons. The van der Waals surface area contributed by atoms with Gasteiger partial charge in [-0.1, -0.05) is 32.9 Å². The molecule has 2 heterocycles. The van der Waals surface area contributed by atoms with Crippen LogP contribution in [-0.4, -0.2) is 87.0 Å². The summed E-state index contributed by atoms with van der Waals surface area (Å²) in [7, 11) is 1.63. The molecule has 2 aliphatic heterocycles. The number of methoxy groups -OCH3 is 1. The molecule has 0 unspecified atom stereocenters. The number of carbonyl (C=O) groups is 3. The Morgan fingerprint density at radius 1 is 0.900 bits per heavy atom. The fourth-order valence-corrected chi connectivity index (χ4v) is 5.18. The van der Waals surface area contributed by atoms with Gasteiger partial charge in [0, 0.05) is 57.8 Å². The standard InChI is InChI=1S/C31H43N5O4/c1-31(2,3)22-28(37)33-26-21-24(30(39)36-14-5-12-32-13-15-36)8-11-27(26)34-16-18-35(19-17-34)29(38)20-23-6-9-25(40-4)10-7-23/h6-11,21,32H,5,12-20,22H2,1-4H3,(H,33,37). The van der Waals surface area contributed by atoms with E-state index in [0.29, 0.717) is 63.4 Å². The summed E-state index contributed by atoms with van der Waals surface area (Å²) >= 11 is 0. The quantitative estimate of drug-likeness (QED) is 0.550. The maximum atomic E-state index is 13.3. The first-order chi connectivity index (χ1) is 19.1. The largest absolute Gasteiger partial charge is 0.497 e. The first kappa shape index (κ1) is 29.4. The lowest BCUT2D eigenvalue weighted by atomic mass is 9.92. The molecular weight excluding hydrogens is 506 g/mol. The lowest BCUT2D eigenvalue weighted by Gasteiger charge is -2.37. The van der Waals surface area contributed by atoms with Gasteiger partial charge in [-0.2, -0.15) is 0 Å². The van der Waals surface area contributed by atoms with Crippen molar-refractivity contribution < 1.29 is 19.1 Å². The van der Waals surface area contributed by atoms with Crippen molar-refractivity contribution in [3.63, 3.8) is 0 Å². The van der Waals surface area contributed by atoms with Crippen LogP contribution in [0.25, 0.3) is 0 Å². The van der Waals surface area contributed by atoms with E-state index < -0.39 is 0 Å². The first-order valence-electron chi connectivity index (χ1n) is 14.2. The Labute approximate surface area is 237 Å². The number of anilines is 2. The summed E-state index contributed by atoms with van der Waals surface area (Å²) in [6.45, 7) is 11.6. The van der Waals surface area contributed by atoms with Crippen LogP contribution in [0.4, 0.5) is 11.4 Å². The number of hydrogen-bond donors (Lipinski definition) is 2. The Kier molecular flexibility index (Phi) is 9.68. The zero-order valence-corrected chi connectivity index (χ0v) is 24.3. The number of benzene rings is 2. The minimum absolute atomic E-state index is 0.0180. The van der Waals surface area contributed by atoms with E-state index in [0.717, 1.165) is 36.5 Å². The smallest absolute Gasteiger partial charge is 0.253 e. The van der Waals surface area contributed by atoms with Gasteiger partial charge in [0.25, 0.3) is 5.91 Å². The number of hydrogen-bond acceptors (Lipinski definition) is 6. The maximum absolute atomic E-state index is 13.3. The molecule has 2 aromatic carbocycles. The van der Waals surface area contributed by atoms with E-state index in [2.05, 4.69) is 15.5 Å². The molecule has 2 aliphatic rings. The average molecular weight is 550 g/mol. The van der Waals surface area contributed by atoms with Gasteiger partial charge in [-0.3, -0.25) is 14.4 Å². The van der Waals surface area contributed by atoms with E-state index in [-0.39, 0.29) is 23.1 Å². The van der Waals surface area contributed by atoms with Crippen LogP contribution in [0.1, 0.15) is 49.5 Å². The van der Waals surface area contributed by atoms with E-state index in [1.54, 1.807) is 7.11 Å². The molecule has 0 aliphatic carbocycles. The minimum Gasteiger partial charge on any atom is -0.497 e. The molecule has 40 heavy (non-hydrogen) atoms. The zero-order chi connectivity index (χ0) is 28.7. The Hall–Kier alpha value is -3.59. The third-order valence-corrected chi connectivity index (χ3v) is 7.32. The first-order valence-corrected chi connectivity index (χ1v) is 14.2. The van der Waals surface area contributed by atoms with E-state index >= 15 is 0 Å². The summed E-state index contributed by atoms with van der Waals surface area (Å²) in [6, 6.07) is 13.2. The summed E-state index contributed by atoms with van der Waals surface area (Å²) < 4.78 is 5.21. The van der Waals surface area contributed by atoms with Crippen molar-refractivity contribution in [3.8, 4) is 5.75 Å². The second kappa shape index (κ2) is 13.2. The molecule has 3 amide bonds. The second-order valence-corrected chi connectivity index (χ2v) is 11.8. The summed E-state index contributed by atoms with van der Waals surface area (Å²) in [5.74, 6) is 0.768. The monoisotopic (exact) mass is 549 g/mol. The Balaban J connectivity index is 1.46. The van der Waals surface area contributed by atoms with Crippen LogP contribution in [0, 0.1) is 5.41 Å². The molecule has 9 heteroatoms. The fourth-order valence-electron chi connectivity index (χ4n) is 5.18. The van der Waals surface area contributed by atoms with E-state index in [4.69, 9.17) is 4.74 Å². The lowest BCUT2D eigenvalue weighted by Crippen LogP contribution is -2.49. The normalized spacial score (nSPS) is 16.4. The molecule has 2 N–H and O–H groups in total. The predicted octanol–water partition coefficient (Wildman–Crippen LogP) is 3.40. The van der Waals surface area contributed by atoms with Crippen LogP contribution in [0.15, 0.2) is 42.5 Å². The van der Waals surface area contributed by atoms with E-state index in [1.165, 1.54) is 0 Å². The number of rotatable bonds is 7. The van der Waals surface area contributed by atoms with Gasteiger partial charge in [0.2, 0.25) is 11.8 Å². The summed E-state index contributed by atoms with van der Waals surface area (Å²) in [4.78, 5) is 45.2. The molecule has 0 spiro atoms. The summed E-state index contributed by atoms with van der Waals surface area (Å²) in [5.41, 5.74) is 2.89. The second-order valence-electron chi connectivity index (χ2n) is 11.8. The highest BCUT2D eigenvalue weighted by Gasteiger charge is 2.26. The topological polar surface area (TPSA) is 94.2 Å². The van der Waals surface area contributed by atoms with Gasteiger partial charge < -0.3 is 30.1 Å². The molecule has 0 bridgehead atoms. The van der Waals surface area contributed by atoms with Crippen LogP contribution in [0.3, 0.4) is 0 Å². The van der Waals surface area contributed by atoms with Crippen molar-refractivity contribution in [3.05, 3.63) is 53.6 Å². The van der Waals surface area contributed by atoms with E-state index in [9.17, 15) is 14.4 Å². The number of nitrogens with one attached hydrogen (secondary N) is 2. The highest BCUT2D eigenvalue weighted by atomic mass is 16.5. The third kappa shape index (κ3) is 7.97. The Morgan fingerprint density at radius 2 is 1.62 bits per heavy atom. The number of carbonyl (C=O) groups excluding carboxylic acids is 3. The van der Waals surface area contributed by atoms with Gasteiger partial charge >= 0.3 is 0 Å². The van der Waals surface area contributed by atoms with Gasteiger partial charge in [-0.05, 0) is 54.3 Å². The van der Waals surface area contributed by atoms with Crippen molar-refractivity contribution >= 4 is 29.1 Å². The number of amides is 3. The molecule has 2 saturated heterocycles. The Morgan fingerprint density at radius 3 is 2.30 bits per heavy atom. The highest BCUT2D eigenvalue weighted by Crippen LogP contribution is 2.30. The average Bonchev–Trinajstić information content (AvgIpc) is 3.22. The van der Waals surface area contributed by atoms with Gasteiger partial charge in [0.1, 0.15) is 5.75 Å². The van der Waals surface area contributed by atoms with Gasteiger partial charge in [-0.15, -0.1) is 0 Å². The van der Waals surface area contributed by atoms with Crippen molar-refractivity contribution in [1.82, 2.24) is 15.1 Å². The fraction of sp³-hybridized carbons (Fsp3) is 0.516. The molecule has 0 aromatic heterocycles. The molecular formula is C31H43N5O4. The third-order valence-electron chi connectivity index (χ3n) is 7.32. The molecule has 2 fully saturated rings. The van der Waals surface area contributed by atoms with Crippen molar-refractivity contribution in [2.45, 2.75) is 40.0 Å². The highest BCUT2D eigenvalue weighted by molar-refractivity contribution is 6.00. The van der Waals surface area contributed by atoms with Gasteiger partial charge in [-0.25, -0.2) is 0 Å². The summed E-state index contributed by atoms with van der Waals surface area (Å²) in [6.07, 6.45) is 1.64. The van der Waals surface area contributed by atoms with Crippen molar-refractivity contribution in [2.24, 2.45) is 5.41 Å². The maximum Gasteiger partial charge on any atom is 0.253 e. The van der Waals surface area contributed by atoms with Crippen molar-refractivity contribution in [2.75, 3.05) is 69.7 Å². The summed E-state index contributed by atoms with van der Waals surface area (Å²) in [5, 5.41) is 6.43. The zero-order valence-electron chi connectivity index (χ0n) is 24.3. The van der Waals surface area contributed by atoms with Crippen LogP contribution >= 0.6 is 0 Å². The van der Waals surface area contributed by atoms with Gasteiger partial charge in [0.15, 0.2) is 0 Å².